The minimum absolute atomic E-state index is 0.0353. The molecule has 0 saturated carbocycles. The van der Waals surface area contributed by atoms with E-state index in [0.29, 0.717) is 24.7 Å². The normalized spacial score (nSPS) is 20.1. The highest BCUT2D eigenvalue weighted by Gasteiger charge is 2.49. The van der Waals surface area contributed by atoms with Crippen molar-refractivity contribution in [2.24, 2.45) is 11.8 Å². The fourth-order valence-corrected chi connectivity index (χ4v) is 2.78. The van der Waals surface area contributed by atoms with Crippen molar-refractivity contribution in [1.29, 1.82) is 0 Å². The molecule has 1 aromatic carbocycles. The first kappa shape index (κ1) is 12.5. The van der Waals surface area contributed by atoms with Crippen LogP contribution in [0.25, 0.3) is 0 Å². The van der Waals surface area contributed by atoms with E-state index in [1.807, 2.05) is 12.1 Å². The van der Waals surface area contributed by atoms with Crippen LogP contribution in [0.15, 0.2) is 24.3 Å². The van der Waals surface area contributed by atoms with Gasteiger partial charge in [-0.2, -0.15) is 0 Å². The quantitative estimate of drug-likeness (QED) is 0.872. The van der Waals surface area contributed by atoms with Gasteiger partial charge >= 0.3 is 0 Å². The molecule has 0 spiro atoms. The Bertz CT molecular complexity index is 386. The van der Waals surface area contributed by atoms with Gasteiger partial charge in [-0.25, -0.2) is 4.39 Å². The monoisotopic (exact) mass is 238 g/mol. The van der Waals surface area contributed by atoms with E-state index in [9.17, 15) is 9.50 Å². The lowest BCUT2D eigenvalue weighted by molar-refractivity contribution is -0.112. The van der Waals surface area contributed by atoms with Crippen LogP contribution in [0.1, 0.15) is 19.4 Å². The summed E-state index contributed by atoms with van der Waals surface area (Å²) in [5.74, 6) is 0.131. The summed E-state index contributed by atoms with van der Waals surface area (Å²) in [4.78, 5) is 0. The highest BCUT2D eigenvalue weighted by atomic mass is 19.1. The first-order valence-corrected chi connectivity index (χ1v) is 6.05. The van der Waals surface area contributed by atoms with Crippen molar-refractivity contribution in [3.8, 4) is 0 Å². The van der Waals surface area contributed by atoms with Gasteiger partial charge in [-0.3, -0.25) is 0 Å². The summed E-state index contributed by atoms with van der Waals surface area (Å²) in [7, 11) is 0. The zero-order chi connectivity index (χ0) is 12.5. The molecule has 0 aliphatic carbocycles. The van der Waals surface area contributed by atoms with Crippen molar-refractivity contribution < 1.29 is 14.2 Å². The lowest BCUT2D eigenvalue weighted by atomic mass is 9.65. The van der Waals surface area contributed by atoms with Crippen molar-refractivity contribution in [2.75, 3.05) is 19.8 Å². The molecule has 1 aliphatic heterocycles. The van der Waals surface area contributed by atoms with E-state index in [1.165, 1.54) is 6.07 Å². The van der Waals surface area contributed by atoms with Gasteiger partial charge in [0.1, 0.15) is 5.82 Å². The molecular weight excluding hydrogens is 219 g/mol. The van der Waals surface area contributed by atoms with E-state index >= 15 is 0 Å². The van der Waals surface area contributed by atoms with Crippen LogP contribution < -0.4 is 0 Å². The molecule has 1 atom stereocenters. The molecule has 0 radical (unpaired) electrons. The van der Waals surface area contributed by atoms with Gasteiger partial charge in [-0.05, 0) is 23.5 Å². The number of hydrogen-bond donors (Lipinski definition) is 1. The van der Waals surface area contributed by atoms with E-state index in [0.717, 1.165) is 0 Å². The molecule has 0 bridgehead atoms. The van der Waals surface area contributed by atoms with Crippen LogP contribution in [0.4, 0.5) is 4.39 Å². The highest BCUT2D eigenvalue weighted by molar-refractivity contribution is 5.31. The summed E-state index contributed by atoms with van der Waals surface area (Å²) in [6, 6.07) is 6.82. The summed E-state index contributed by atoms with van der Waals surface area (Å²) < 4.78 is 19.2. The van der Waals surface area contributed by atoms with E-state index < -0.39 is 0 Å². The lowest BCUT2D eigenvalue weighted by Gasteiger charge is -2.48. The number of aliphatic hydroxyl groups is 1. The maximum atomic E-state index is 13.9. The van der Waals surface area contributed by atoms with Gasteiger partial charge in [0, 0.05) is 6.61 Å². The Kier molecular flexibility index (Phi) is 3.50. The SMILES string of the molecule is CC(C)C(CO)C1(c2ccccc2F)COC1. The van der Waals surface area contributed by atoms with Crippen molar-refractivity contribution in [3.05, 3.63) is 35.6 Å². The molecule has 1 unspecified atom stereocenters. The fraction of sp³-hybridized carbons (Fsp3) is 0.571. The molecule has 1 saturated heterocycles. The second-order valence-electron chi connectivity index (χ2n) is 5.16. The predicted octanol–water partition coefficient (Wildman–Crippen LogP) is 2.36. The molecule has 1 N–H and O–H groups in total. The van der Waals surface area contributed by atoms with Crippen LogP contribution in [0, 0.1) is 17.7 Å². The van der Waals surface area contributed by atoms with Gasteiger partial charge < -0.3 is 9.84 Å². The van der Waals surface area contributed by atoms with Crippen LogP contribution in [0.2, 0.25) is 0 Å². The third kappa shape index (κ3) is 1.98. The maximum Gasteiger partial charge on any atom is 0.127 e. The highest BCUT2D eigenvalue weighted by Crippen LogP contribution is 2.43. The second kappa shape index (κ2) is 4.75. The van der Waals surface area contributed by atoms with Crippen molar-refractivity contribution in [1.82, 2.24) is 0 Å². The molecule has 2 nitrogen and oxygen atoms in total. The Labute approximate surface area is 101 Å². The Hall–Kier alpha value is -0.930. The van der Waals surface area contributed by atoms with Crippen LogP contribution in [-0.2, 0) is 10.2 Å². The van der Waals surface area contributed by atoms with Gasteiger partial charge in [0.2, 0.25) is 0 Å². The van der Waals surface area contributed by atoms with Crippen molar-refractivity contribution in [3.63, 3.8) is 0 Å². The van der Waals surface area contributed by atoms with E-state index in [1.54, 1.807) is 6.07 Å². The summed E-state index contributed by atoms with van der Waals surface area (Å²) in [6.45, 7) is 5.17. The van der Waals surface area contributed by atoms with E-state index in [4.69, 9.17) is 4.74 Å². The molecular formula is C14H19FO2. The standard InChI is InChI=1S/C14H19FO2/c1-10(2)12(7-16)14(8-17-9-14)11-5-3-4-6-13(11)15/h3-6,10,12,16H,7-9H2,1-2H3. The topological polar surface area (TPSA) is 29.5 Å². The molecule has 3 heteroatoms. The van der Waals surface area contributed by atoms with Crippen LogP contribution in [0.3, 0.4) is 0 Å². The fourth-order valence-electron chi connectivity index (χ4n) is 2.78. The third-order valence-electron chi connectivity index (χ3n) is 3.84. The van der Waals surface area contributed by atoms with Crippen LogP contribution in [0.5, 0.6) is 0 Å². The Morgan fingerprint density at radius 1 is 1.35 bits per heavy atom. The first-order valence-electron chi connectivity index (χ1n) is 6.05. The van der Waals surface area contributed by atoms with Crippen LogP contribution in [-0.4, -0.2) is 24.9 Å². The molecule has 0 aromatic heterocycles. The third-order valence-corrected chi connectivity index (χ3v) is 3.84. The maximum absolute atomic E-state index is 13.9. The molecule has 1 heterocycles. The number of benzene rings is 1. The number of rotatable bonds is 4. The lowest BCUT2D eigenvalue weighted by Crippen LogP contribution is -2.55. The largest absolute Gasteiger partial charge is 0.396 e. The van der Waals surface area contributed by atoms with Crippen LogP contribution >= 0.6 is 0 Å². The van der Waals surface area contributed by atoms with Gasteiger partial charge in [-0.15, -0.1) is 0 Å². The molecule has 1 aromatic rings. The molecule has 1 aliphatic rings. The van der Waals surface area contributed by atoms with Gasteiger partial charge in [0.05, 0.1) is 18.6 Å². The number of aliphatic hydroxyl groups excluding tert-OH is 1. The number of halogens is 1. The Balaban J connectivity index is 2.41. The van der Waals surface area contributed by atoms with E-state index in [-0.39, 0.29) is 23.8 Å². The Morgan fingerprint density at radius 3 is 2.41 bits per heavy atom. The van der Waals surface area contributed by atoms with Gasteiger partial charge in [0.25, 0.3) is 0 Å². The second-order valence-corrected chi connectivity index (χ2v) is 5.16. The molecule has 94 valence electrons. The van der Waals surface area contributed by atoms with Gasteiger partial charge in [0.15, 0.2) is 0 Å². The van der Waals surface area contributed by atoms with Crippen molar-refractivity contribution >= 4 is 0 Å². The molecule has 17 heavy (non-hydrogen) atoms. The summed E-state index contributed by atoms with van der Waals surface area (Å²) in [6.07, 6.45) is 0. The minimum Gasteiger partial charge on any atom is -0.396 e. The smallest absolute Gasteiger partial charge is 0.127 e. The molecule has 2 rings (SSSR count). The molecule has 1 fully saturated rings. The van der Waals surface area contributed by atoms with Gasteiger partial charge in [-0.1, -0.05) is 32.0 Å². The predicted molar refractivity (Wildman–Crippen MR) is 64.3 cm³/mol. The summed E-state index contributed by atoms with van der Waals surface area (Å²) >= 11 is 0. The zero-order valence-corrected chi connectivity index (χ0v) is 10.3. The number of ether oxygens (including phenoxy) is 1. The number of hydrogen-bond acceptors (Lipinski definition) is 2. The summed E-state index contributed by atoms with van der Waals surface area (Å²) in [5.41, 5.74) is 0.327. The average Bonchev–Trinajstić information content (AvgIpc) is 2.24. The summed E-state index contributed by atoms with van der Waals surface area (Å²) in [5, 5.41) is 9.57. The van der Waals surface area contributed by atoms with Crippen molar-refractivity contribution in [2.45, 2.75) is 19.3 Å². The zero-order valence-electron chi connectivity index (χ0n) is 10.3. The molecule has 0 amide bonds. The first-order chi connectivity index (χ1) is 8.12. The average molecular weight is 238 g/mol. The minimum atomic E-state index is -0.353. The Morgan fingerprint density at radius 2 is 2.00 bits per heavy atom. The van der Waals surface area contributed by atoms with E-state index in [2.05, 4.69) is 13.8 Å².